The lowest BCUT2D eigenvalue weighted by molar-refractivity contribution is -0.385. The molecular weight excluding hydrogens is 240 g/mol. The molecular formula is C8H3F2N3O4. The summed E-state index contributed by atoms with van der Waals surface area (Å²) >= 11 is 0. The van der Waals surface area contributed by atoms with Crippen LogP contribution < -0.4 is 0 Å². The van der Waals surface area contributed by atoms with Crippen LogP contribution in [0, 0.1) is 21.4 Å². The van der Waals surface area contributed by atoms with Crippen molar-refractivity contribution in [3.8, 4) is 6.07 Å². The smallest absolute Gasteiger partial charge is 0.344 e. The molecule has 0 aliphatic carbocycles. The molecule has 0 spiro atoms. The fourth-order valence-corrected chi connectivity index (χ4v) is 1.13. The van der Waals surface area contributed by atoms with Gasteiger partial charge in [0.15, 0.2) is 5.56 Å². The lowest BCUT2D eigenvalue weighted by atomic mass is 10.1. The number of alkyl halides is 2. The SMILES string of the molecule is N#Cc1cc([N+](=O)[O-])c(C(=O)O)c(C(F)F)n1. The maximum absolute atomic E-state index is 12.5. The van der Waals surface area contributed by atoms with Crippen molar-refractivity contribution in [2.75, 3.05) is 0 Å². The van der Waals surface area contributed by atoms with Gasteiger partial charge < -0.3 is 5.11 Å². The maximum Gasteiger partial charge on any atom is 0.344 e. The second kappa shape index (κ2) is 4.48. The van der Waals surface area contributed by atoms with Crippen molar-refractivity contribution < 1.29 is 23.6 Å². The van der Waals surface area contributed by atoms with Gasteiger partial charge in [0.1, 0.15) is 17.5 Å². The molecule has 0 aliphatic heterocycles. The summed E-state index contributed by atoms with van der Waals surface area (Å²) in [7, 11) is 0. The first-order chi connectivity index (χ1) is 7.88. The van der Waals surface area contributed by atoms with E-state index in [0.717, 1.165) is 0 Å². The quantitative estimate of drug-likeness (QED) is 0.634. The Morgan fingerprint density at radius 3 is 2.59 bits per heavy atom. The summed E-state index contributed by atoms with van der Waals surface area (Å²) in [5, 5.41) is 27.6. The molecule has 0 aromatic carbocycles. The first kappa shape index (κ1) is 12.4. The van der Waals surface area contributed by atoms with Gasteiger partial charge in [-0.2, -0.15) is 5.26 Å². The number of pyridine rings is 1. The van der Waals surface area contributed by atoms with Crippen molar-refractivity contribution in [2.24, 2.45) is 0 Å². The number of hydrogen-bond acceptors (Lipinski definition) is 5. The second-order valence-corrected chi connectivity index (χ2v) is 2.76. The fourth-order valence-electron chi connectivity index (χ4n) is 1.13. The highest BCUT2D eigenvalue weighted by molar-refractivity contribution is 5.93. The standard InChI is InChI=1S/C8H3F2N3O4/c9-7(10)6-5(8(14)15)4(13(16)17)1-3(2-11)12-6/h1,7H,(H,14,15). The maximum atomic E-state index is 12.5. The van der Waals surface area contributed by atoms with E-state index in [1.165, 1.54) is 6.07 Å². The van der Waals surface area contributed by atoms with Crippen LogP contribution in [0.1, 0.15) is 28.2 Å². The minimum atomic E-state index is -3.33. The molecule has 1 heterocycles. The van der Waals surface area contributed by atoms with E-state index in [9.17, 15) is 23.7 Å². The molecule has 0 amide bonds. The summed E-state index contributed by atoms with van der Waals surface area (Å²) < 4.78 is 25.0. The minimum absolute atomic E-state index is 0.537. The van der Waals surface area contributed by atoms with Gasteiger partial charge in [-0.05, 0) is 0 Å². The van der Waals surface area contributed by atoms with Crippen molar-refractivity contribution in [2.45, 2.75) is 6.43 Å². The Morgan fingerprint density at radius 1 is 1.65 bits per heavy atom. The molecule has 1 aromatic heterocycles. The van der Waals surface area contributed by atoms with Gasteiger partial charge in [0.2, 0.25) is 0 Å². The van der Waals surface area contributed by atoms with Crippen LogP contribution in [0.25, 0.3) is 0 Å². The molecule has 0 unspecified atom stereocenters. The van der Waals surface area contributed by atoms with Gasteiger partial charge >= 0.3 is 5.97 Å². The highest BCUT2D eigenvalue weighted by Gasteiger charge is 2.30. The van der Waals surface area contributed by atoms with E-state index in [4.69, 9.17) is 10.4 Å². The first-order valence-electron chi connectivity index (χ1n) is 3.99. The zero-order valence-corrected chi connectivity index (χ0v) is 7.92. The lowest BCUT2D eigenvalue weighted by Crippen LogP contribution is -2.10. The van der Waals surface area contributed by atoms with Gasteiger partial charge in [-0.1, -0.05) is 0 Å². The number of nitriles is 1. The lowest BCUT2D eigenvalue weighted by Gasteiger charge is -2.05. The van der Waals surface area contributed by atoms with Crippen LogP contribution in [0.3, 0.4) is 0 Å². The summed E-state index contributed by atoms with van der Waals surface area (Å²) in [6, 6.07) is 1.88. The molecule has 0 saturated heterocycles. The summed E-state index contributed by atoms with van der Waals surface area (Å²) in [4.78, 5) is 23.1. The van der Waals surface area contributed by atoms with Crippen molar-refractivity contribution in [3.05, 3.63) is 33.1 Å². The number of carbonyl (C=O) groups is 1. The molecule has 0 atom stereocenters. The van der Waals surface area contributed by atoms with Crippen molar-refractivity contribution in [1.82, 2.24) is 4.98 Å². The summed E-state index contributed by atoms with van der Waals surface area (Å²) in [5.41, 5.74) is -4.22. The van der Waals surface area contributed by atoms with Gasteiger partial charge in [0.25, 0.3) is 12.1 Å². The zero-order chi connectivity index (χ0) is 13.2. The van der Waals surface area contributed by atoms with Crippen molar-refractivity contribution >= 4 is 11.7 Å². The molecule has 7 nitrogen and oxygen atoms in total. The predicted octanol–water partition coefficient (Wildman–Crippen LogP) is 1.50. The van der Waals surface area contributed by atoms with E-state index in [1.54, 1.807) is 0 Å². The van der Waals surface area contributed by atoms with E-state index >= 15 is 0 Å². The van der Waals surface area contributed by atoms with Crippen LogP contribution in [0.2, 0.25) is 0 Å². The van der Waals surface area contributed by atoms with E-state index in [2.05, 4.69) is 4.98 Å². The van der Waals surface area contributed by atoms with Crippen molar-refractivity contribution in [3.63, 3.8) is 0 Å². The van der Waals surface area contributed by atoms with Crippen LogP contribution >= 0.6 is 0 Å². The Bertz CT molecular complexity index is 538. The van der Waals surface area contributed by atoms with Gasteiger partial charge in [0.05, 0.1) is 11.0 Å². The average molecular weight is 243 g/mol. The van der Waals surface area contributed by atoms with E-state index in [-0.39, 0.29) is 0 Å². The predicted molar refractivity (Wildman–Crippen MR) is 47.5 cm³/mol. The topological polar surface area (TPSA) is 117 Å². The number of nitrogens with zero attached hydrogens (tertiary/aromatic N) is 3. The van der Waals surface area contributed by atoms with E-state index in [0.29, 0.717) is 6.07 Å². The largest absolute Gasteiger partial charge is 0.477 e. The Kier molecular flexibility index (Phi) is 3.28. The highest BCUT2D eigenvalue weighted by atomic mass is 19.3. The van der Waals surface area contributed by atoms with Crippen LogP contribution in [0.4, 0.5) is 14.5 Å². The minimum Gasteiger partial charge on any atom is -0.477 e. The highest BCUT2D eigenvalue weighted by Crippen LogP contribution is 2.28. The summed E-state index contributed by atoms with van der Waals surface area (Å²) in [6.45, 7) is 0. The van der Waals surface area contributed by atoms with Crippen molar-refractivity contribution in [1.29, 1.82) is 5.26 Å². The number of halogens is 2. The number of carboxylic acids is 1. The van der Waals surface area contributed by atoms with Gasteiger partial charge in [-0.15, -0.1) is 0 Å². The Morgan fingerprint density at radius 2 is 2.24 bits per heavy atom. The van der Waals surface area contributed by atoms with Crippen LogP contribution in [-0.4, -0.2) is 21.0 Å². The van der Waals surface area contributed by atoms with E-state index < -0.39 is 40.0 Å². The third-order valence-corrected chi connectivity index (χ3v) is 1.76. The molecule has 17 heavy (non-hydrogen) atoms. The number of aromatic carboxylic acids is 1. The molecule has 1 N–H and O–H groups in total. The molecule has 0 bridgehead atoms. The molecule has 0 radical (unpaired) electrons. The Labute approximate surface area is 92.1 Å². The summed E-state index contributed by atoms with van der Waals surface area (Å²) in [6.07, 6.45) is -3.33. The normalized spacial score (nSPS) is 10.0. The number of hydrogen-bond donors (Lipinski definition) is 1. The van der Waals surface area contributed by atoms with Gasteiger partial charge in [-0.25, -0.2) is 18.6 Å². The third kappa shape index (κ3) is 2.31. The molecule has 0 aliphatic rings. The van der Waals surface area contributed by atoms with Crippen LogP contribution in [-0.2, 0) is 0 Å². The second-order valence-electron chi connectivity index (χ2n) is 2.76. The molecule has 88 valence electrons. The number of rotatable bonds is 3. The van der Waals surface area contributed by atoms with Gasteiger partial charge in [0, 0.05) is 0 Å². The fraction of sp³-hybridized carbons (Fsp3) is 0.125. The zero-order valence-electron chi connectivity index (χ0n) is 7.92. The molecule has 0 fully saturated rings. The molecule has 9 heteroatoms. The monoisotopic (exact) mass is 243 g/mol. The molecule has 1 rings (SSSR count). The summed E-state index contributed by atoms with van der Waals surface area (Å²) in [5.74, 6) is -1.90. The van der Waals surface area contributed by atoms with Crippen LogP contribution in [0.15, 0.2) is 6.07 Å². The molecule has 1 aromatic rings. The first-order valence-corrected chi connectivity index (χ1v) is 3.99. The number of nitro groups is 1. The Balaban J connectivity index is 3.69. The Hall–Kier alpha value is -2.63. The molecule has 0 saturated carbocycles. The van der Waals surface area contributed by atoms with Crippen LogP contribution in [0.5, 0.6) is 0 Å². The number of carboxylic acid groups (broad SMARTS) is 1. The average Bonchev–Trinajstić information content (AvgIpc) is 2.26. The van der Waals surface area contributed by atoms with E-state index in [1.807, 2.05) is 0 Å². The number of aromatic nitrogens is 1. The third-order valence-electron chi connectivity index (χ3n) is 1.76. The van der Waals surface area contributed by atoms with Gasteiger partial charge in [-0.3, -0.25) is 10.1 Å².